The topological polar surface area (TPSA) is 80.9 Å². The van der Waals surface area contributed by atoms with E-state index in [1.54, 1.807) is 18.2 Å². The molecule has 8 heteroatoms. The van der Waals surface area contributed by atoms with E-state index in [2.05, 4.69) is 38.1 Å². The number of nitrogens with one attached hydrogen (secondary N) is 1. The van der Waals surface area contributed by atoms with E-state index in [0.29, 0.717) is 20.8 Å². The van der Waals surface area contributed by atoms with Gasteiger partial charge in [-0.1, -0.05) is 22.9 Å². The van der Waals surface area contributed by atoms with Crippen molar-refractivity contribution in [1.29, 1.82) is 0 Å². The molecule has 0 aliphatic carbocycles. The zero-order valence-electron chi connectivity index (χ0n) is 8.28. The third kappa shape index (κ3) is 3.05. The van der Waals surface area contributed by atoms with E-state index in [1.807, 2.05) is 0 Å². The van der Waals surface area contributed by atoms with Crippen molar-refractivity contribution >= 4 is 61.7 Å². The van der Waals surface area contributed by atoms with E-state index in [-0.39, 0.29) is 5.91 Å². The van der Waals surface area contributed by atoms with Crippen molar-refractivity contribution in [2.45, 2.75) is 0 Å². The number of carbonyl (C=O) groups excluding carboxylic acids is 1. The first-order chi connectivity index (χ1) is 8.06. The summed E-state index contributed by atoms with van der Waals surface area (Å²) in [6, 6.07) is 5.10. The Morgan fingerprint density at radius 3 is 2.88 bits per heavy atom. The molecule has 0 fully saturated rings. The van der Waals surface area contributed by atoms with Crippen LogP contribution in [0.15, 0.2) is 18.2 Å². The van der Waals surface area contributed by atoms with Crippen molar-refractivity contribution in [3.63, 3.8) is 0 Å². The maximum absolute atomic E-state index is 11.9. The number of carbonyl (C=O) groups is 1. The summed E-state index contributed by atoms with van der Waals surface area (Å²) in [5.74, 6) is -0.284. The van der Waals surface area contributed by atoms with Crippen LogP contribution in [0.5, 0.6) is 0 Å². The van der Waals surface area contributed by atoms with Crippen LogP contribution >= 0.6 is 45.5 Å². The smallest absolute Gasteiger partial charge is 0.258 e. The molecule has 1 heterocycles. The molecule has 0 spiro atoms. The second-order valence-electron chi connectivity index (χ2n) is 3.02. The molecule has 2 aromatic rings. The van der Waals surface area contributed by atoms with Gasteiger partial charge in [0, 0.05) is 8.59 Å². The van der Waals surface area contributed by atoms with Crippen molar-refractivity contribution in [1.82, 2.24) is 10.2 Å². The molecule has 0 radical (unpaired) electrons. The molecule has 88 valence electrons. The summed E-state index contributed by atoms with van der Waals surface area (Å²) in [7, 11) is 0. The Balaban J connectivity index is 2.22. The molecule has 5 nitrogen and oxygen atoms in total. The number of anilines is 2. The van der Waals surface area contributed by atoms with Gasteiger partial charge in [0.2, 0.25) is 10.3 Å². The molecule has 1 aromatic carbocycles. The Bertz CT molecular complexity index is 574. The average molecular weight is 381 g/mol. The van der Waals surface area contributed by atoms with E-state index in [4.69, 9.17) is 17.3 Å². The van der Waals surface area contributed by atoms with Crippen molar-refractivity contribution in [2.75, 3.05) is 11.1 Å². The van der Waals surface area contributed by atoms with Gasteiger partial charge in [-0.25, -0.2) is 0 Å². The number of hydrogen-bond acceptors (Lipinski definition) is 5. The van der Waals surface area contributed by atoms with Gasteiger partial charge < -0.3 is 5.73 Å². The van der Waals surface area contributed by atoms with Crippen LogP contribution in [0.25, 0.3) is 0 Å². The first-order valence-electron chi connectivity index (χ1n) is 4.41. The number of rotatable bonds is 2. The second-order valence-corrected chi connectivity index (χ2v) is 5.63. The minimum absolute atomic E-state index is 0.284. The molecule has 2 rings (SSSR count). The molecule has 1 amide bonds. The molecular formula is C9H6ClIN4OS. The summed E-state index contributed by atoms with van der Waals surface area (Å²) in [5, 5.41) is 11.1. The van der Waals surface area contributed by atoms with Gasteiger partial charge in [-0.2, -0.15) is 0 Å². The van der Waals surface area contributed by atoms with Crippen LogP contribution in [0.4, 0.5) is 10.3 Å². The first-order valence-corrected chi connectivity index (χ1v) is 6.69. The first kappa shape index (κ1) is 12.5. The average Bonchev–Trinajstić information content (AvgIpc) is 2.67. The number of nitrogens with zero attached hydrogens (tertiary/aromatic N) is 2. The SMILES string of the molecule is Nc1nnc(NC(=O)c2cc(Cl)ccc2I)s1. The van der Waals surface area contributed by atoms with Gasteiger partial charge in [0.25, 0.3) is 5.91 Å². The van der Waals surface area contributed by atoms with E-state index < -0.39 is 0 Å². The number of amides is 1. The monoisotopic (exact) mass is 380 g/mol. The van der Waals surface area contributed by atoms with Crippen LogP contribution in [0.1, 0.15) is 10.4 Å². The number of nitrogen functional groups attached to an aromatic ring is 1. The zero-order valence-corrected chi connectivity index (χ0v) is 12.0. The highest BCUT2D eigenvalue weighted by atomic mass is 127. The van der Waals surface area contributed by atoms with Crippen molar-refractivity contribution in [2.24, 2.45) is 0 Å². The molecule has 0 bridgehead atoms. The summed E-state index contributed by atoms with van der Waals surface area (Å²) in [6.07, 6.45) is 0. The summed E-state index contributed by atoms with van der Waals surface area (Å²) >= 11 is 9.01. The molecule has 0 unspecified atom stereocenters. The summed E-state index contributed by atoms with van der Waals surface area (Å²) in [5.41, 5.74) is 5.91. The molecule has 0 aliphatic rings. The van der Waals surface area contributed by atoms with Gasteiger partial charge in [-0.05, 0) is 40.8 Å². The number of aromatic nitrogens is 2. The summed E-state index contributed by atoms with van der Waals surface area (Å²) < 4.78 is 0.807. The fraction of sp³-hybridized carbons (Fsp3) is 0. The van der Waals surface area contributed by atoms with Gasteiger partial charge in [0.15, 0.2) is 0 Å². The number of halogens is 2. The Morgan fingerprint density at radius 2 is 2.24 bits per heavy atom. The normalized spacial score (nSPS) is 10.2. The summed E-state index contributed by atoms with van der Waals surface area (Å²) in [6.45, 7) is 0. The maximum Gasteiger partial charge on any atom is 0.258 e. The lowest BCUT2D eigenvalue weighted by molar-refractivity contribution is 0.102. The fourth-order valence-corrected chi connectivity index (χ4v) is 2.38. The van der Waals surface area contributed by atoms with Crippen molar-refractivity contribution in [3.05, 3.63) is 32.4 Å². The minimum atomic E-state index is -0.284. The van der Waals surface area contributed by atoms with Gasteiger partial charge in [0.05, 0.1) is 5.56 Å². The van der Waals surface area contributed by atoms with Crippen LogP contribution in [0.2, 0.25) is 5.02 Å². The Hall–Kier alpha value is -0.930. The lowest BCUT2D eigenvalue weighted by Crippen LogP contribution is -2.13. The third-order valence-corrected chi connectivity index (χ3v) is 3.68. The lowest BCUT2D eigenvalue weighted by Gasteiger charge is -2.04. The standard InChI is InChI=1S/C9H6ClIN4OS/c10-4-1-2-6(11)5(3-4)7(16)13-9-15-14-8(12)17-9/h1-3H,(H2,12,14)(H,13,15,16). The van der Waals surface area contributed by atoms with Crippen LogP contribution < -0.4 is 11.1 Å². The fourth-order valence-electron chi connectivity index (χ4n) is 1.12. The largest absolute Gasteiger partial charge is 0.374 e. The van der Waals surface area contributed by atoms with E-state index in [9.17, 15) is 4.79 Å². The van der Waals surface area contributed by atoms with Crippen molar-refractivity contribution < 1.29 is 4.79 Å². The second kappa shape index (κ2) is 5.15. The van der Waals surface area contributed by atoms with Gasteiger partial charge in [-0.15, -0.1) is 10.2 Å². The van der Waals surface area contributed by atoms with E-state index in [1.165, 1.54) is 0 Å². The highest BCUT2D eigenvalue weighted by molar-refractivity contribution is 14.1. The molecule has 17 heavy (non-hydrogen) atoms. The summed E-state index contributed by atoms with van der Waals surface area (Å²) in [4.78, 5) is 11.9. The number of nitrogens with two attached hydrogens (primary N) is 1. The van der Waals surface area contributed by atoms with E-state index in [0.717, 1.165) is 14.9 Å². The molecule has 0 atom stereocenters. The van der Waals surface area contributed by atoms with Gasteiger partial charge >= 0.3 is 0 Å². The number of benzene rings is 1. The molecule has 1 aromatic heterocycles. The van der Waals surface area contributed by atoms with Crippen LogP contribution in [-0.4, -0.2) is 16.1 Å². The Kier molecular flexibility index (Phi) is 3.79. The minimum Gasteiger partial charge on any atom is -0.374 e. The predicted octanol–water partition coefficient (Wildman–Crippen LogP) is 2.63. The molecule has 3 N–H and O–H groups in total. The van der Waals surface area contributed by atoms with Crippen LogP contribution in [0, 0.1) is 3.57 Å². The third-order valence-electron chi connectivity index (χ3n) is 1.83. The quantitative estimate of drug-likeness (QED) is 0.785. The molecule has 0 saturated heterocycles. The predicted molar refractivity (Wildman–Crippen MR) is 76.4 cm³/mol. The highest BCUT2D eigenvalue weighted by Gasteiger charge is 2.12. The molecule has 0 aliphatic heterocycles. The maximum atomic E-state index is 11.9. The van der Waals surface area contributed by atoms with Gasteiger partial charge in [0.1, 0.15) is 0 Å². The van der Waals surface area contributed by atoms with Gasteiger partial charge in [-0.3, -0.25) is 10.1 Å². The molecule has 0 saturated carbocycles. The highest BCUT2D eigenvalue weighted by Crippen LogP contribution is 2.21. The Labute approximate surface area is 120 Å². The van der Waals surface area contributed by atoms with Crippen LogP contribution in [0.3, 0.4) is 0 Å². The molecular weight excluding hydrogens is 375 g/mol. The van der Waals surface area contributed by atoms with Crippen molar-refractivity contribution in [3.8, 4) is 0 Å². The number of hydrogen-bond donors (Lipinski definition) is 2. The van der Waals surface area contributed by atoms with Crippen LogP contribution in [-0.2, 0) is 0 Å². The zero-order chi connectivity index (χ0) is 12.4. The van der Waals surface area contributed by atoms with E-state index >= 15 is 0 Å². The lowest BCUT2D eigenvalue weighted by atomic mass is 10.2. The Morgan fingerprint density at radius 1 is 1.47 bits per heavy atom.